The number of methoxy groups -OCH3 is 1. The van der Waals surface area contributed by atoms with E-state index in [0.29, 0.717) is 37.6 Å². The molecular weight excluding hydrogens is 363 g/mol. The Morgan fingerprint density at radius 1 is 0.929 bits per heavy atom. The molecule has 0 spiro atoms. The van der Waals surface area contributed by atoms with Crippen molar-refractivity contribution < 1.29 is 18.7 Å². The van der Waals surface area contributed by atoms with Gasteiger partial charge < -0.3 is 20.3 Å². The molecule has 1 aliphatic heterocycles. The van der Waals surface area contributed by atoms with Crippen LogP contribution in [0.15, 0.2) is 48.5 Å². The first-order valence-electron chi connectivity index (χ1n) is 9.01. The average Bonchev–Trinajstić information content (AvgIpc) is 2.71. The number of ether oxygens (including phenoxy) is 1. The molecule has 2 N–H and O–H groups in total. The summed E-state index contributed by atoms with van der Waals surface area (Å²) in [4.78, 5) is 28.2. The summed E-state index contributed by atoms with van der Waals surface area (Å²) in [7, 11) is 1.59. The number of carbonyl (C=O) groups is 2. The third-order valence-corrected chi connectivity index (χ3v) is 4.50. The topological polar surface area (TPSA) is 73.9 Å². The van der Waals surface area contributed by atoms with Gasteiger partial charge in [-0.3, -0.25) is 9.69 Å². The Balaban J connectivity index is 1.42. The zero-order chi connectivity index (χ0) is 19.9. The minimum absolute atomic E-state index is 0.164. The quantitative estimate of drug-likeness (QED) is 0.829. The van der Waals surface area contributed by atoms with Gasteiger partial charge in [-0.05, 0) is 48.5 Å². The summed E-state index contributed by atoms with van der Waals surface area (Å²) in [6, 6.07) is 12.6. The van der Waals surface area contributed by atoms with E-state index in [1.165, 1.54) is 24.3 Å². The Kier molecular flexibility index (Phi) is 6.44. The maximum Gasteiger partial charge on any atom is 0.321 e. The number of rotatable bonds is 5. The maximum atomic E-state index is 12.9. The van der Waals surface area contributed by atoms with Gasteiger partial charge in [0.1, 0.15) is 11.6 Å². The number of hydrogen-bond acceptors (Lipinski definition) is 4. The Labute approximate surface area is 163 Å². The predicted octanol–water partition coefficient (Wildman–Crippen LogP) is 2.62. The largest absolute Gasteiger partial charge is 0.497 e. The molecule has 0 unspecified atom stereocenters. The zero-order valence-corrected chi connectivity index (χ0v) is 15.7. The van der Waals surface area contributed by atoms with Gasteiger partial charge >= 0.3 is 6.03 Å². The molecule has 0 saturated carbocycles. The van der Waals surface area contributed by atoms with E-state index < -0.39 is 0 Å². The SMILES string of the molecule is COc1ccc(NC(=O)N2CCN(CC(=O)Nc3ccc(F)cc3)CC2)cc1. The van der Waals surface area contributed by atoms with E-state index in [0.717, 1.165) is 5.75 Å². The first kappa shape index (κ1) is 19.6. The lowest BCUT2D eigenvalue weighted by Crippen LogP contribution is -2.51. The summed E-state index contributed by atoms with van der Waals surface area (Å²) in [6.45, 7) is 2.50. The lowest BCUT2D eigenvalue weighted by atomic mass is 10.3. The number of benzene rings is 2. The average molecular weight is 386 g/mol. The van der Waals surface area contributed by atoms with E-state index >= 15 is 0 Å². The van der Waals surface area contributed by atoms with E-state index in [1.54, 1.807) is 36.3 Å². The van der Waals surface area contributed by atoms with Gasteiger partial charge in [-0.2, -0.15) is 0 Å². The second-order valence-corrected chi connectivity index (χ2v) is 6.48. The Bertz CT molecular complexity index is 803. The summed E-state index contributed by atoms with van der Waals surface area (Å²) in [5, 5.41) is 5.60. The van der Waals surface area contributed by atoms with Gasteiger partial charge in [-0.25, -0.2) is 9.18 Å². The molecule has 148 valence electrons. The van der Waals surface area contributed by atoms with Crippen molar-refractivity contribution in [1.82, 2.24) is 9.80 Å². The summed E-state index contributed by atoms with van der Waals surface area (Å²) in [5.41, 5.74) is 1.26. The van der Waals surface area contributed by atoms with Crippen molar-refractivity contribution in [2.45, 2.75) is 0 Å². The third kappa shape index (κ3) is 5.43. The summed E-state index contributed by atoms with van der Waals surface area (Å²) < 4.78 is 18.0. The third-order valence-electron chi connectivity index (χ3n) is 4.50. The smallest absolute Gasteiger partial charge is 0.321 e. The Morgan fingerprint density at radius 3 is 2.11 bits per heavy atom. The van der Waals surface area contributed by atoms with Gasteiger partial charge in [0.05, 0.1) is 13.7 Å². The first-order chi connectivity index (χ1) is 13.5. The number of carbonyl (C=O) groups excluding carboxylic acids is 2. The van der Waals surface area contributed by atoms with Crippen LogP contribution in [0.25, 0.3) is 0 Å². The second-order valence-electron chi connectivity index (χ2n) is 6.48. The van der Waals surface area contributed by atoms with Crippen LogP contribution in [-0.4, -0.2) is 61.6 Å². The molecule has 7 nitrogen and oxygen atoms in total. The van der Waals surface area contributed by atoms with Crippen LogP contribution in [0.3, 0.4) is 0 Å². The molecule has 0 atom stereocenters. The molecule has 2 aromatic carbocycles. The molecule has 1 saturated heterocycles. The van der Waals surface area contributed by atoms with Crippen LogP contribution < -0.4 is 15.4 Å². The van der Waals surface area contributed by atoms with Gasteiger partial charge in [0, 0.05) is 37.6 Å². The Hall–Kier alpha value is -3.13. The summed E-state index contributed by atoms with van der Waals surface area (Å²) in [5.74, 6) is 0.218. The van der Waals surface area contributed by atoms with Gasteiger partial charge in [0.2, 0.25) is 5.91 Å². The highest BCUT2D eigenvalue weighted by Crippen LogP contribution is 2.16. The van der Waals surface area contributed by atoms with Crippen molar-refractivity contribution in [2.75, 3.05) is 50.5 Å². The fourth-order valence-electron chi connectivity index (χ4n) is 2.92. The van der Waals surface area contributed by atoms with Crippen molar-refractivity contribution in [3.05, 3.63) is 54.3 Å². The van der Waals surface area contributed by atoms with Crippen molar-refractivity contribution in [3.8, 4) is 5.75 Å². The van der Waals surface area contributed by atoms with E-state index in [-0.39, 0.29) is 24.3 Å². The lowest BCUT2D eigenvalue weighted by molar-refractivity contribution is -0.117. The number of piperazine rings is 1. The van der Waals surface area contributed by atoms with Gasteiger partial charge in [-0.1, -0.05) is 0 Å². The predicted molar refractivity (Wildman–Crippen MR) is 105 cm³/mol. The van der Waals surface area contributed by atoms with Gasteiger partial charge in [0.25, 0.3) is 0 Å². The number of nitrogens with one attached hydrogen (secondary N) is 2. The summed E-state index contributed by atoms with van der Waals surface area (Å²) in [6.07, 6.45) is 0. The van der Waals surface area contributed by atoms with E-state index in [1.807, 2.05) is 4.90 Å². The molecule has 3 rings (SSSR count). The van der Waals surface area contributed by atoms with Crippen molar-refractivity contribution >= 4 is 23.3 Å². The Morgan fingerprint density at radius 2 is 1.50 bits per heavy atom. The first-order valence-corrected chi connectivity index (χ1v) is 9.01. The minimum atomic E-state index is -0.345. The van der Waals surface area contributed by atoms with Crippen LogP contribution in [-0.2, 0) is 4.79 Å². The zero-order valence-electron chi connectivity index (χ0n) is 15.7. The van der Waals surface area contributed by atoms with E-state index in [9.17, 15) is 14.0 Å². The van der Waals surface area contributed by atoms with Crippen molar-refractivity contribution in [2.24, 2.45) is 0 Å². The molecule has 2 aromatic rings. The fraction of sp³-hybridized carbons (Fsp3) is 0.300. The molecule has 1 fully saturated rings. The van der Waals surface area contributed by atoms with Gasteiger partial charge in [-0.15, -0.1) is 0 Å². The number of anilines is 2. The number of hydrogen-bond donors (Lipinski definition) is 2. The van der Waals surface area contributed by atoms with E-state index in [4.69, 9.17) is 4.74 Å². The molecule has 0 radical (unpaired) electrons. The van der Waals surface area contributed by atoms with Crippen LogP contribution >= 0.6 is 0 Å². The molecule has 1 heterocycles. The van der Waals surface area contributed by atoms with Crippen LogP contribution in [0.1, 0.15) is 0 Å². The number of halogens is 1. The molecule has 0 aliphatic carbocycles. The van der Waals surface area contributed by atoms with Crippen LogP contribution in [0.5, 0.6) is 5.75 Å². The molecule has 0 aromatic heterocycles. The maximum absolute atomic E-state index is 12.9. The molecule has 0 bridgehead atoms. The normalized spacial score (nSPS) is 14.4. The number of amides is 3. The number of nitrogens with zero attached hydrogens (tertiary/aromatic N) is 2. The standard InChI is InChI=1S/C20H23FN4O3/c1-28-18-8-6-17(7-9-18)23-20(27)25-12-10-24(11-13-25)14-19(26)22-16-4-2-15(21)3-5-16/h2-9H,10-14H2,1H3,(H,22,26)(H,23,27). The monoisotopic (exact) mass is 386 g/mol. The highest BCUT2D eigenvalue weighted by atomic mass is 19.1. The van der Waals surface area contributed by atoms with Crippen LogP contribution in [0.2, 0.25) is 0 Å². The lowest BCUT2D eigenvalue weighted by Gasteiger charge is -2.34. The minimum Gasteiger partial charge on any atom is -0.497 e. The summed E-state index contributed by atoms with van der Waals surface area (Å²) >= 11 is 0. The fourth-order valence-corrected chi connectivity index (χ4v) is 2.92. The molecule has 28 heavy (non-hydrogen) atoms. The van der Waals surface area contributed by atoms with Crippen LogP contribution in [0.4, 0.5) is 20.6 Å². The van der Waals surface area contributed by atoms with Crippen LogP contribution in [0, 0.1) is 5.82 Å². The van der Waals surface area contributed by atoms with Gasteiger partial charge in [0.15, 0.2) is 0 Å². The number of urea groups is 1. The van der Waals surface area contributed by atoms with Crippen molar-refractivity contribution in [3.63, 3.8) is 0 Å². The highest BCUT2D eigenvalue weighted by molar-refractivity contribution is 5.92. The van der Waals surface area contributed by atoms with E-state index in [2.05, 4.69) is 10.6 Å². The van der Waals surface area contributed by atoms with Crippen molar-refractivity contribution in [1.29, 1.82) is 0 Å². The molecular formula is C20H23FN4O3. The second kappa shape index (κ2) is 9.18. The molecule has 1 aliphatic rings. The molecule has 3 amide bonds. The highest BCUT2D eigenvalue weighted by Gasteiger charge is 2.22. The molecule has 8 heteroatoms.